The van der Waals surface area contributed by atoms with Gasteiger partial charge in [0, 0.05) is 36.6 Å². The molecule has 1 aliphatic rings. The fourth-order valence-corrected chi connectivity index (χ4v) is 6.48. The smallest absolute Gasteiger partial charge is 0.351 e. The Kier molecular flexibility index (Phi) is 13.4. The van der Waals surface area contributed by atoms with Gasteiger partial charge >= 0.3 is 11.9 Å². The Morgan fingerprint density at radius 2 is 1.73 bits per heavy atom. The standard InChI is InChI=1S/C34H35Cl2N3O7S.H2O/c1-39-14-13-23(20-39)44-32(40)25(21-7-5-4-6-8-21)17-37-16-24-10-12-30(47-24)33(41)46-34(45-31-26(35)18-38-19-27(31)36)22-9-11-28(42-2)29(15-22)43-3;/h4-12,15,18-19,23,25,34,37H,13-14,16-17,20H2,1-3H3;1H2/t23-,25?,34-;/m1./s1. The minimum absolute atomic E-state index is 0. The Morgan fingerprint density at radius 3 is 2.40 bits per heavy atom. The predicted molar refractivity (Wildman–Crippen MR) is 180 cm³/mol. The van der Waals surface area contributed by atoms with Crippen LogP contribution in [0.1, 0.15) is 44.3 Å². The number of thiophene rings is 1. The number of halogens is 2. The second-order valence-corrected chi connectivity index (χ2v) is 12.9. The van der Waals surface area contributed by atoms with E-state index in [4.69, 9.17) is 46.9 Å². The Balaban J connectivity index is 0.00000520. The van der Waals surface area contributed by atoms with Crippen LogP contribution in [0.4, 0.5) is 0 Å². The van der Waals surface area contributed by atoms with Crippen molar-refractivity contribution in [3.63, 3.8) is 0 Å². The molecule has 2 aromatic heterocycles. The molecule has 2 aromatic carbocycles. The topological polar surface area (TPSA) is 140 Å². The number of likely N-dealkylation sites (tertiary alicyclic amines) is 1. The Bertz CT molecular complexity index is 1660. The molecule has 256 valence electrons. The molecule has 5 rings (SSSR count). The maximum Gasteiger partial charge on any atom is 0.351 e. The second-order valence-electron chi connectivity index (χ2n) is 10.9. The van der Waals surface area contributed by atoms with Crippen molar-refractivity contribution in [2.24, 2.45) is 0 Å². The van der Waals surface area contributed by atoms with Crippen LogP contribution in [-0.4, -0.2) is 69.3 Å². The van der Waals surface area contributed by atoms with E-state index in [1.807, 2.05) is 43.4 Å². The third-order valence-electron chi connectivity index (χ3n) is 7.60. The highest BCUT2D eigenvalue weighted by atomic mass is 35.5. The lowest BCUT2D eigenvalue weighted by molar-refractivity contribution is -0.377. The van der Waals surface area contributed by atoms with Crippen molar-refractivity contribution in [1.29, 1.82) is 0 Å². The van der Waals surface area contributed by atoms with Gasteiger partial charge in [-0.05, 0) is 49.4 Å². The number of carbonyl (C=O) groups is 2. The van der Waals surface area contributed by atoms with Crippen molar-refractivity contribution < 1.29 is 43.7 Å². The van der Waals surface area contributed by atoms with Crippen LogP contribution in [0, 0.1) is 0 Å². The van der Waals surface area contributed by atoms with Crippen molar-refractivity contribution in [3.05, 3.63) is 104 Å². The molecule has 3 heterocycles. The Morgan fingerprint density at radius 1 is 1.00 bits per heavy atom. The third-order valence-corrected chi connectivity index (χ3v) is 9.23. The average Bonchev–Trinajstić information content (AvgIpc) is 3.73. The van der Waals surface area contributed by atoms with Gasteiger partial charge in [0.2, 0.25) is 0 Å². The number of nitrogens with one attached hydrogen (secondary N) is 2. The van der Waals surface area contributed by atoms with E-state index in [0.29, 0.717) is 35.0 Å². The third kappa shape index (κ3) is 9.37. The van der Waals surface area contributed by atoms with Gasteiger partial charge in [0.1, 0.15) is 21.0 Å². The first-order valence-electron chi connectivity index (χ1n) is 14.9. The quantitative estimate of drug-likeness (QED) is 0.126. The van der Waals surface area contributed by atoms with Gasteiger partial charge in [0.15, 0.2) is 29.6 Å². The molecule has 3 N–H and O–H groups in total. The highest BCUT2D eigenvalue weighted by Gasteiger charge is 2.29. The molecule has 4 aromatic rings. The van der Waals surface area contributed by atoms with Crippen molar-refractivity contribution in [3.8, 4) is 17.2 Å². The number of benzene rings is 2. The summed E-state index contributed by atoms with van der Waals surface area (Å²) in [6, 6.07) is 18.1. The minimum Gasteiger partial charge on any atom is -0.870 e. The first-order chi connectivity index (χ1) is 22.7. The average molecular weight is 719 g/mol. The number of hydrogen-bond donors (Lipinski definition) is 1. The summed E-state index contributed by atoms with van der Waals surface area (Å²) in [5.74, 6) is -0.274. The first-order valence-corrected chi connectivity index (χ1v) is 16.5. The molecule has 0 aliphatic carbocycles. The molecule has 1 aliphatic heterocycles. The number of esters is 2. The van der Waals surface area contributed by atoms with Gasteiger partial charge in [-0.3, -0.25) is 4.79 Å². The van der Waals surface area contributed by atoms with Crippen molar-refractivity contribution in [2.45, 2.75) is 31.3 Å². The van der Waals surface area contributed by atoms with Crippen molar-refractivity contribution >= 4 is 46.5 Å². The number of carbonyl (C=O) groups excluding carboxylic acids is 2. The monoisotopic (exact) mass is 717 g/mol. The minimum atomic E-state index is -1.22. The number of ether oxygens (including phenoxy) is 5. The van der Waals surface area contributed by atoms with Crippen LogP contribution in [0.15, 0.2) is 73.1 Å². The molecule has 3 atom stereocenters. The highest BCUT2D eigenvalue weighted by molar-refractivity contribution is 7.13. The maximum absolute atomic E-state index is 13.4. The molecule has 0 bridgehead atoms. The van der Waals surface area contributed by atoms with Crippen LogP contribution in [-0.2, 0) is 20.8 Å². The molecule has 14 heteroatoms. The van der Waals surface area contributed by atoms with Gasteiger partial charge in [-0.15, -0.1) is 11.3 Å². The van der Waals surface area contributed by atoms with Gasteiger partial charge in [0.25, 0.3) is 6.29 Å². The highest BCUT2D eigenvalue weighted by Crippen LogP contribution is 2.37. The van der Waals surface area contributed by atoms with E-state index in [0.717, 1.165) is 30.0 Å². The zero-order valence-electron chi connectivity index (χ0n) is 26.6. The maximum atomic E-state index is 13.4. The second kappa shape index (κ2) is 17.5. The summed E-state index contributed by atoms with van der Waals surface area (Å²) < 4.78 is 28.6. The van der Waals surface area contributed by atoms with Gasteiger partial charge < -0.3 is 39.4 Å². The van der Waals surface area contributed by atoms with E-state index in [1.54, 1.807) is 24.3 Å². The van der Waals surface area contributed by atoms with Crippen molar-refractivity contribution in [2.75, 3.05) is 40.9 Å². The molecular weight excluding hydrogens is 681 g/mol. The lowest BCUT2D eigenvalue weighted by Crippen LogP contribution is -2.31. The number of aromatic amines is 1. The molecule has 48 heavy (non-hydrogen) atoms. The molecule has 1 saturated heterocycles. The van der Waals surface area contributed by atoms with Crippen LogP contribution in [0.25, 0.3) is 0 Å². The van der Waals surface area contributed by atoms with Crippen molar-refractivity contribution in [1.82, 2.24) is 10.2 Å². The van der Waals surface area contributed by atoms with E-state index in [-0.39, 0.29) is 33.3 Å². The van der Waals surface area contributed by atoms with Crippen LogP contribution in [0.3, 0.4) is 0 Å². The van der Waals surface area contributed by atoms with Crippen LogP contribution < -0.4 is 24.5 Å². The molecule has 0 amide bonds. The Labute approximate surface area is 292 Å². The Hall–Kier alpha value is -3.91. The number of nitrogens with zero attached hydrogens (tertiary/aromatic N) is 1. The number of hydrogen-bond acceptors (Lipinski definition) is 11. The van der Waals surface area contributed by atoms with Gasteiger partial charge in [-0.2, -0.15) is 0 Å². The van der Waals surface area contributed by atoms with E-state index in [9.17, 15) is 9.59 Å². The molecule has 1 fully saturated rings. The summed E-state index contributed by atoms with van der Waals surface area (Å²) >= 11 is 14.0. The summed E-state index contributed by atoms with van der Waals surface area (Å²) in [7, 11) is 5.05. The summed E-state index contributed by atoms with van der Waals surface area (Å²) in [4.78, 5) is 32.9. The van der Waals surface area contributed by atoms with E-state index < -0.39 is 18.2 Å². The molecule has 11 nitrogen and oxygen atoms in total. The van der Waals surface area contributed by atoms with Crippen LogP contribution >= 0.6 is 34.5 Å². The number of H-pyrrole nitrogens is 1. The predicted octanol–water partition coefficient (Wildman–Crippen LogP) is 5.76. The number of methoxy groups -OCH3 is 2. The zero-order valence-corrected chi connectivity index (χ0v) is 28.9. The van der Waals surface area contributed by atoms with E-state index in [2.05, 4.69) is 15.2 Å². The molecule has 1 unspecified atom stereocenters. The largest absolute Gasteiger partial charge is 0.870 e. The SMILES string of the molecule is COc1ccc([C@@H](OC(=O)c2ccc(CNCC(C(=O)O[C@@H]3CCN(C)C3)c3ccccc3)s2)Oc2c(Cl)c[nH+]cc2Cl)cc1OC.[OH-]. The number of rotatable bonds is 14. The summed E-state index contributed by atoms with van der Waals surface area (Å²) in [6.45, 7) is 2.44. The summed E-state index contributed by atoms with van der Waals surface area (Å²) in [5.41, 5.74) is 1.35. The van der Waals surface area contributed by atoms with Crippen LogP contribution in [0.2, 0.25) is 10.0 Å². The normalized spacial score (nSPS) is 15.6. The van der Waals surface area contributed by atoms with Crippen LogP contribution in [0.5, 0.6) is 17.2 Å². The molecular formula is C34H37Cl2N3O8S. The van der Waals surface area contributed by atoms with Gasteiger partial charge in [-0.25, -0.2) is 9.78 Å². The molecule has 0 spiro atoms. The number of pyridine rings is 1. The fourth-order valence-electron chi connectivity index (χ4n) is 5.15. The lowest BCUT2D eigenvalue weighted by Gasteiger charge is -2.21. The summed E-state index contributed by atoms with van der Waals surface area (Å²) in [5, 5.41) is 3.78. The lowest BCUT2D eigenvalue weighted by atomic mass is 9.99. The summed E-state index contributed by atoms with van der Waals surface area (Å²) in [6.07, 6.45) is 2.51. The van der Waals surface area contributed by atoms with Gasteiger partial charge in [-0.1, -0.05) is 53.5 Å². The first kappa shape index (κ1) is 36.9. The zero-order chi connectivity index (χ0) is 33.3. The van der Waals surface area contributed by atoms with E-state index in [1.165, 1.54) is 38.0 Å². The number of aromatic nitrogens is 1. The molecule has 0 saturated carbocycles. The fraction of sp³-hybridized carbons (Fsp3) is 0.324. The molecule has 0 radical (unpaired) electrons. The number of likely N-dealkylation sites (N-methyl/N-ethyl adjacent to an activating group) is 1. The van der Waals surface area contributed by atoms with E-state index >= 15 is 0 Å². The van der Waals surface area contributed by atoms with Gasteiger partial charge in [0.05, 0.1) is 20.1 Å².